The van der Waals surface area contributed by atoms with Crippen LogP contribution in [0, 0.1) is 0 Å². The number of benzene rings is 1. The van der Waals surface area contributed by atoms with Gasteiger partial charge in [-0.25, -0.2) is 0 Å². The second-order valence-corrected chi connectivity index (χ2v) is 6.51. The van der Waals surface area contributed by atoms with Crippen LogP contribution in [0.2, 0.25) is 0 Å². The zero-order chi connectivity index (χ0) is 16.9. The number of primary amides is 1. The number of ketones is 1. The van der Waals surface area contributed by atoms with Gasteiger partial charge in [0.2, 0.25) is 12.3 Å². The fourth-order valence-electron chi connectivity index (χ4n) is 3.40. The summed E-state index contributed by atoms with van der Waals surface area (Å²) in [6.07, 6.45) is 9.83. The lowest BCUT2D eigenvalue weighted by Gasteiger charge is -2.21. The number of nitrogens with zero attached hydrogens (tertiary/aromatic N) is 1. The maximum atomic E-state index is 12.4. The number of Topliss-reactive ketones (excluding diaryl/α,β-unsaturated/α-hetero) is 1. The molecule has 1 heterocycles. The van der Waals surface area contributed by atoms with E-state index < -0.39 is 5.91 Å². The molecule has 0 aliphatic heterocycles. The summed E-state index contributed by atoms with van der Waals surface area (Å²) < 4.78 is 1.69. The largest absolute Gasteiger partial charge is 0.365 e. The molecule has 0 spiro atoms. The van der Waals surface area contributed by atoms with Gasteiger partial charge in [0.1, 0.15) is 5.56 Å². The monoisotopic (exact) mass is 323 g/mol. The van der Waals surface area contributed by atoms with Crippen molar-refractivity contribution in [3.05, 3.63) is 65.5 Å². The Bertz CT molecular complexity index is 732. The van der Waals surface area contributed by atoms with Crippen LogP contribution >= 0.6 is 0 Å². The van der Waals surface area contributed by atoms with E-state index in [0.29, 0.717) is 17.0 Å². The fraction of sp³-hybridized carbons (Fsp3) is 0.350. The SMILES string of the molecule is NC(=O)c1ccc[n+](CC(=O)c2ccc(C3CCCCC3)cc2)c1. The lowest BCUT2D eigenvalue weighted by Crippen LogP contribution is -2.38. The molecule has 1 aliphatic carbocycles. The topological polar surface area (TPSA) is 64.0 Å². The Hall–Kier alpha value is -2.49. The van der Waals surface area contributed by atoms with Gasteiger partial charge in [-0.05, 0) is 30.4 Å². The average Bonchev–Trinajstić information content (AvgIpc) is 2.63. The van der Waals surface area contributed by atoms with E-state index in [1.54, 1.807) is 29.1 Å². The highest BCUT2D eigenvalue weighted by Crippen LogP contribution is 2.32. The molecule has 0 saturated heterocycles. The summed E-state index contributed by atoms with van der Waals surface area (Å²) in [5.74, 6) is 0.176. The molecule has 1 fully saturated rings. The molecular formula is C20H23N2O2+. The lowest BCUT2D eigenvalue weighted by molar-refractivity contribution is -0.683. The summed E-state index contributed by atoms with van der Waals surface area (Å²) in [6.45, 7) is 0.198. The van der Waals surface area contributed by atoms with Gasteiger partial charge in [-0.1, -0.05) is 43.5 Å². The molecule has 0 unspecified atom stereocenters. The zero-order valence-electron chi connectivity index (χ0n) is 13.8. The molecule has 1 saturated carbocycles. The van der Waals surface area contributed by atoms with E-state index in [1.807, 2.05) is 12.1 Å². The number of hydrogen-bond acceptors (Lipinski definition) is 2. The van der Waals surface area contributed by atoms with Crippen molar-refractivity contribution in [2.45, 2.75) is 44.6 Å². The summed E-state index contributed by atoms with van der Waals surface area (Å²) in [6, 6.07) is 11.4. The van der Waals surface area contributed by atoms with Crippen molar-refractivity contribution in [2.24, 2.45) is 5.73 Å². The van der Waals surface area contributed by atoms with Crippen LogP contribution in [0.1, 0.15) is 64.3 Å². The molecule has 24 heavy (non-hydrogen) atoms. The van der Waals surface area contributed by atoms with Gasteiger partial charge < -0.3 is 5.73 Å². The molecular weight excluding hydrogens is 300 g/mol. The molecule has 1 aliphatic rings. The van der Waals surface area contributed by atoms with E-state index in [4.69, 9.17) is 5.73 Å². The molecule has 3 rings (SSSR count). The summed E-state index contributed by atoms with van der Waals surface area (Å²) >= 11 is 0. The number of carbonyl (C=O) groups is 2. The van der Waals surface area contributed by atoms with Crippen LogP contribution in [-0.2, 0) is 6.54 Å². The van der Waals surface area contributed by atoms with Gasteiger partial charge in [0.25, 0.3) is 5.91 Å². The molecule has 4 nitrogen and oxygen atoms in total. The quantitative estimate of drug-likeness (QED) is 0.679. The Kier molecular flexibility index (Phi) is 5.04. The van der Waals surface area contributed by atoms with E-state index in [9.17, 15) is 9.59 Å². The van der Waals surface area contributed by atoms with Gasteiger partial charge in [-0.2, -0.15) is 4.57 Å². The van der Waals surface area contributed by atoms with Crippen molar-refractivity contribution in [1.29, 1.82) is 0 Å². The van der Waals surface area contributed by atoms with E-state index in [-0.39, 0.29) is 12.3 Å². The predicted molar refractivity (Wildman–Crippen MR) is 91.8 cm³/mol. The van der Waals surface area contributed by atoms with E-state index >= 15 is 0 Å². The van der Waals surface area contributed by atoms with Gasteiger partial charge in [0.15, 0.2) is 12.4 Å². The first kappa shape index (κ1) is 16.4. The summed E-state index contributed by atoms with van der Waals surface area (Å²) in [5.41, 5.74) is 7.72. The highest BCUT2D eigenvalue weighted by Gasteiger charge is 2.17. The third kappa shape index (κ3) is 3.88. The van der Waals surface area contributed by atoms with Crippen molar-refractivity contribution in [2.75, 3.05) is 0 Å². The van der Waals surface area contributed by atoms with Crippen LogP contribution < -0.4 is 10.3 Å². The highest BCUT2D eigenvalue weighted by molar-refractivity contribution is 5.95. The average molecular weight is 323 g/mol. The number of pyridine rings is 1. The molecule has 0 bridgehead atoms. The third-order valence-corrected chi connectivity index (χ3v) is 4.78. The Morgan fingerprint density at radius 3 is 2.38 bits per heavy atom. The van der Waals surface area contributed by atoms with Gasteiger partial charge >= 0.3 is 0 Å². The maximum absolute atomic E-state index is 12.4. The molecule has 2 N–H and O–H groups in total. The van der Waals surface area contributed by atoms with Gasteiger partial charge in [-0.3, -0.25) is 9.59 Å². The predicted octanol–water partition coefficient (Wildman–Crippen LogP) is 3.00. The Labute approximate surface area is 142 Å². The van der Waals surface area contributed by atoms with Crippen LogP contribution in [0.3, 0.4) is 0 Å². The fourth-order valence-corrected chi connectivity index (χ4v) is 3.40. The number of carbonyl (C=O) groups excluding carboxylic acids is 2. The second-order valence-electron chi connectivity index (χ2n) is 6.51. The first-order chi connectivity index (χ1) is 11.6. The lowest BCUT2D eigenvalue weighted by atomic mass is 9.84. The Morgan fingerprint density at radius 2 is 1.71 bits per heavy atom. The van der Waals surface area contributed by atoms with Crippen LogP contribution in [0.4, 0.5) is 0 Å². The molecule has 2 aromatic rings. The van der Waals surface area contributed by atoms with Crippen molar-refractivity contribution in [3.8, 4) is 0 Å². The minimum Gasteiger partial charge on any atom is -0.365 e. The van der Waals surface area contributed by atoms with Crippen molar-refractivity contribution in [3.63, 3.8) is 0 Å². The highest BCUT2D eigenvalue weighted by atomic mass is 16.1. The third-order valence-electron chi connectivity index (χ3n) is 4.78. The zero-order valence-corrected chi connectivity index (χ0v) is 13.8. The van der Waals surface area contributed by atoms with E-state index in [2.05, 4.69) is 12.1 Å². The number of amides is 1. The van der Waals surface area contributed by atoms with Crippen molar-refractivity contribution in [1.82, 2.24) is 0 Å². The standard InChI is InChI=1S/C20H22N2O2/c21-20(24)18-7-4-12-22(13-18)14-19(23)17-10-8-16(9-11-17)15-5-2-1-3-6-15/h4,7-13,15H,1-3,5-6,14H2,(H-,21,24)/p+1. The van der Waals surface area contributed by atoms with Crippen LogP contribution in [0.25, 0.3) is 0 Å². The molecule has 4 heteroatoms. The second kappa shape index (κ2) is 7.39. The number of hydrogen-bond donors (Lipinski definition) is 1. The number of rotatable bonds is 5. The molecule has 1 aromatic heterocycles. The number of aromatic nitrogens is 1. The number of nitrogens with two attached hydrogens (primary N) is 1. The van der Waals surface area contributed by atoms with Crippen LogP contribution in [0.5, 0.6) is 0 Å². The molecule has 0 radical (unpaired) electrons. The summed E-state index contributed by atoms with van der Waals surface area (Å²) in [5, 5.41) is 0. The van der Waals surface area contributed by atoms with E-state index in [0.717, 1.165) is 0 Å². The molecule has 1 amide bonds. The van der Waals surface area contributed by atoms with Crippen molar-refractivity contribution < 1.29 is 14.2 Å². The normalized spacial score (nSPS) is 15.2. The minimum atomic E-state index is -0.492. The van der Waals surface area contributed by atoms with Crippen LogP contribution in [-0.4, -0.2) is 11.7 Å². The van der Waals surface area contributed by atoms with Gasteiger partial charge in [-0.15, -0.1) is 0 Å². The first-order valence-electron chi connectivity index (χ1n) is 8.55. The Balaban J connectivity index is 1.68. The Morgan fingerprint density at radius 1 is 1.00 bits per heavy atom. The van der Waals surface area contributed by atoms with Crippen molar-refractivity contribution >= 4 is 11.7 Å². The molecule has 1 aromatic carbocycles. The molecule has 124 valence electrons. The summed E-state index contributed by atoms with van der Waals surface area (Å²) in [7, 11) is 0. The summed E-state index contributed by atoms with van der Waals surface area (Å²) in [4.78, 5) is 23.7. The van der Waals surface area contributed by atoms with E-state index in [1.165, 1.54) is 37.7 Å². The minimum absolute atomic E-state index is 0.0248. The van der Waals surface area contributed by atoms with Gasteiger partial charge in [0.05, 0.1) is 0 Å². The van der Waals surface area contributed by atoms with Crippen LogP contribution in [0.15, 0.2) is 48.8 Å². The van der Waals surface area contributed by atoms with Gasteiger partial charge in [0, 0.05) is 11.6 Å². The first-order valence-corrected chi connectivity index (χ1v) is 8.55. The molecule has 0 atom stereocenters. The maximum Gasteiger partial charge on any atom is 0.254 e. The smallest absolute Gasteiger partial charge is 0.254 e.